The van der Waals surface area contributed by atoms with Gasteiger partial charge in [0.15, 0.2) is 5.17 Å². The summed E-state index contributed by atoms with van der Waals surface area (Å²) in [4.78, 5) is 22.2. The molecule has 1 aliphatic rings. The van der Waals surface area contributed by atoms with Crippen LogP contribution < -0.4 is 5.32 Å². The first-order valence-corrected chi connectivity index (χ1v) is 8.18. The summed E-state index contributed by atoms with van der Waals surface area (Å²) < 4.78 is 0. The number of rotatable bonds is 4. The molecule has 0 saturated carbocycles. The number of phenolic OH excluding ortho intramolecular Hbond substituents is 1. The van der Waals surface area contributed by atoms with E-state index >= 15 is 0 Å². The molecule has 1 fully saturated rings. The average Bonchev–Trinajstić information content (AvgIpc) is 2.77. The fourth-order valence-electron chi connectivity index (χ4n) is 2.16. The average molecular weight is 349 g/mol. The zero-order valence-electron chi connectivity index (χ0n) is 13.6. The van der Waals surface area contributed by atoms with Crippen LogP contribution in [-0.4, -0.2) is 38.7 Å². The van der Waals surface area contributed by atoms with Gasteiger partial charge >= 0.3 is 5.97 Å². The topological polar surface area (TPSA) is 111 Å². The van der Waals surface area contributed by atoms with Crippen molar-refractivity contribution in [1.82, 2.24) is 5.32 Å². The van der Waals surface area contributed by atoms with Gasteiger partial charge in [0.2, 0.25) is 5.91 Å². The Bertz CT molecular complexity index is 723. The van der Waals surface area contributed by atoms with Crippen molar-refractivity contribution >= 4 is 35.0 Å². The molecule has 1 aromatic carbocycles. The molecule has 8 heteroatoms. The van der Waals surface area contributed by atoms with Gasteiger partial charge in [-0.2, -0.15) is 5.10 Å². The van der Waals surface area contributed by atoms with Crippen LogP contribution >= 0.6 is 11.8 Å². The molecule has 0 aliphatic carbocycles. The molecule has 7 nitrogen and oxygen atoms in total. The highest BCUT2D eigenvalue weighted by atomic mass is 32.2. The molecule has 1 aromatic rings. The van der Waals surface area contributed by atoms with E-state index in [1.165, 1.54) is 6.21 Å². The normalized spacial score (nSPS) is 19.9. The number of hydrogen-bond acceptors (Lipinski definition) is 6. The van der Waals surface area contributed by atoms with Gasteiger partial charge in [0.25, 0.3) is 0 Å². The van der Waals surface area contributed by atoms with Crippen molar-refractivity contribution in [3.05, 3.63) is 29.3 Å². The number of benzene rings is 1. The summed E-state index contributed by atoms with van der Waals surface area (Å²) in [6, 6.07) is 5.24. The highest BCUT2D eigenvalue weighted by Gasteiger charge is 2.32. The number of thioether (sulfide) groups is 1. The number of aliphatic carboxylic acids is 1. The van der Waals surface area contributed by atoms with E-state index in [-0.39, 0.29) is 28.7 Å². The largest absolute Gasteiger partial charge is 0.508 e. The quantitative estimate of drug-likeness (QED) is 0.569. The first-order chi connectivity index (χ1) is 11.2. The van der Waals surface area contributed by atoms with Gasteiger partial charge in [-0.05, 0) is 22.6 Å². The number of carboxylic acid groups (broad SMARTS) is 1. The minimum atomic E-state index is -1.04. The van der Waals surface area contributed by atoms with Crippen LogP contribution in [0.1, 0.15) is 38.3 Å². The number of carbonyl (C=O) groups is 2. The summed E-state index contributed by atoms with van der Waals surface area (Å²) >= 11 is 1.04. The Morgan fingerprint density at radius 2 is 2.12 bits per heavy atom. The fourth-order valence-corrected chi connectivity index (χ4v) is 3.07. The molecule has 0 bridgehead atoms. The number of phenols is 1. The molecule has 1 amide bonds. The van der Waals surface area contributed by atoms with Crippen molar-refractivity contribution in [2.45, 2.75) is 37.9 Å². The van der Waals surface area contributed by atoms with Crippen molar-refractivity contribution in [2.24, 2.45) is 10.2 Å². The summed E-state index contributed by atoms with van der Waals surface area (Å²) in [6.45, 7) is 6.03. The third kappa shape index (κ3) is 4.58. The maximum Gasteiger partial charge on any atom is 0.305 e. The van der Waals surface area contributed by atoms with E-state index in [4.69, 9.17) is 5.11 Å². The lowest BCUT2D eigenvalue weighted by Crippen LogP contribution is -2.26. The van der Waals surface area contributed by atoms with Crippen LogP contribution in [-0.2, 0) is 15.0 Å². The number of carboxylic acids is 1. The number of amides is 1. The van der Waals surface area contributed by atoms with Crippen LogP contribution in [0.3, 0.4) is 0 Å². The molecule has 24 heavy (non-hydrogen) atoms. The smallest absolute Gasteiger partial charge is 0.305 e. The maximum atomic E-state index is 11.6. The zero-order valence-corrected chi connectivity index (χ0v) is 14.4. The Balaban J connectivity index is 2.06. The van der Waals surface area contributed by atoms with Crippen LogP contribution in [0.2, 0.25) is 0 Å². The zero-order chi connectivity index (χ0) is 17.9. The van der Waals surface area contributed by atoms with Crippen molar-refractivity contribution < 1.29 is 19.8 Å². The van der Waals surface area contributed by atoms with Gasteiger partial charge in [0, 0.05) is 0 Å². The van der Waals surface area contributed by atoms with Gasteiger partial charge < -0.3 is 15.5 Å². The monoisotopic (exact) mass is 349 g/mol. The van der Waals surface area contributed by atoms with E-state index in [1.807, 2.05) is 32.9 Å². The number of hydrogen-bond donors (Lipinski definition) is 3. The Hall–Kier alpha value is -2.35. The number of carbonyl (C=O) groups excluding carboxylic acids is 1. The second-order valence-corrected chi connectivity index (χ2v) is 7.56. The molecule has 128 valence electrons. The van der Waals surface area contributed by atoms with Crippen LogP contribution in [0.25, 0.3) is 0 Å². The predicted molar refractivity (Wildman–Crippen MR) is 93.6 cm³/mol. The third-order valence-corrected chi connectivity index (χ3v) is 4.39. The van der Waals surface area contributed by atoms with E-state index in [0.717, 1.165) is 17.3 Å². The summed E-state index contributed by atoms with van der Waals surface area (Å²) in [6.07, 6.45) is 1.19. The van der Waals surface area contributed by atoms with Gasteiger partial charge in [-0.15, -0.1) is 5.10 Å². The molecular formula is C16H19N3O4S. The number of nitrogens with one attached hydrogen (secondary N) is 1. The molecule has 1 saturated heterocycles. The van der Waals surface area contributed by atoms with E-state index < -0.39 is 11.2 Å². The van der Waals surface area contributed by atoms with Crippen LogP contribution in [0.15, 0.2) is 28.4 Å². The van der Waals surface area contributed by atoms with Gasteiger partial charge in [-0.25, -0.2) is 0 Å². The van der Waals surface area contributed by atoms with Gasteiger partial charge in [0.1, 0.15) is 11.0 Å². The lowest BCUT2D eigenvalue weighted by atomic mass is 9.86. The fraction of sp³-hybridized carbons (Fsp3) is 0.375. The molecule has 0 spiro atoms. The minimum absolute atomic E-state index is 0.163. The van der Waals surface area contributed by atoms with E-state index in [2.05, 4.69) is 15.5 Å². The summed E-state index contributed by atoms with van der Waals surface area (Å²) in [5, 5.41) is 28.6. The first kappa shape index (κ1) is 18.0. The first-order valence-electron chi connectivity index (χ1n) is 7.30. The standard InChI is InChI=1S/C16H19N3O4S/c1-16(2,3)10-5-4-9(6-11(10)20)8-17-19-15-18-14(23)12(24-15)7-13(21)22/h4-6,8,12,20H,7H2,1-3H3,(H,21,22)(H,18,19,23). The van der Waals surface area contributed by atoms with Gasteiger partial charge in [-0.1, -0.05) is 44.7 Å². The molecule has 1 unspecified atom stereocenters. The van der Waals surface area contributed by atoms with Crippen LogP contribution in [0, 0.1) is 0 Å². The predicted octanol–water partition coefficient (Wildman–Crippen LogP) is 2.09. The molecule has 0 radical (unpaired) electrons. The highest BCUT2D eigenvalue weighted by molar-refractivity contribution is 8.15. The third-order valence-electron chi connectivity index (χ3n) is 3.32. The molecule has 3 N–H and O–H groups in total. The SMILES string of the molecule is CC(C)(C)c1ccc(C=NN=C2NC(=O)C(CC(=O)O)S2)cc1O. The molecule has 1 heterocycles. The molecule has 1 atom stereocenters. The number of amidine groups is 1. The van der Waals surface area contributed by atoms with Crippen LogP contribution in [0.5, 0.6) is 5.75 Å². The lowest BCUT2D eigenvalue weighted by molar-refractivity contribution is -0.138. The maximum absolute atomic E-state index is 11.6. The van der Waals surface area contributed by atoms with Gasteiger partial charge in [0.05, 0.1) is 12.6 Å². The Labute approximate surface area is 143 Å². The molecule has 0 aromatic heterocycles. The van der Waals surface area contributed by atoms with E-state index in [0.29, 0.717) is 5.56 Å². The van der Waals surface area contributed by atoms with Crippen LogP contribution in [0.4, 0.5) is 0 Å². The van der Waals surface area contributed by atoms with Crippen molar-refractivity contribution in [1.29, 1.82) is 0 Å². The minimum Gasteiger partial charge on any atom is -0.508 e. The van der Waals surface area contributed by atoms with E-state index in [9.17, 15) is 14.7 Å². The van der Waals surface area contributed by atoms with Crippen molar-refractivity contribution in [2.75, 3.05) is 0 Å². The molecular weight excluding hydrogens is 330 g/mol. The van der Waals surface area contributed by atoms with Gasteiger partial charge in [-0.3, -0.25) is 9.59 Å². The Morgan fingerprint density at radius 3 is 2.71 bits per heavy atom. The van der Waals surface area contributed by atoms with E-state index in [1.54, 1.807) is 6.07 Å². The summed E-state index contributed by atoms with van der Waals surface area (Å²) in [7, 11) is 0. The van der Waals surface area contributed by atoms with Crippen molar-refractivity contribution in [3.63, 3.8) is 0 Å². The number of nitrogens with zero attached hydrogens (tertiary/aromatic N) is 2. The molecule has 1 aliphatic heterocycles. The highest BCUT2D eigenvalue weighted by Crippen LogP contribution is 2.30. The lowest BCUT2D eigenvalue weighted by Gasteiger charge is -2.20. The number of aromatic hydroxyl groups is 1. The van der Waals surface area contributed by atoms with Crippen molar-refractivity contribution in [3.8, 4) is 5.75 Å². The Kier molecular flexibility index (Phi) is 5.28. The summed E-state index contributed by atoms with van der Waals surface area (Å²) in [5.41, 5.74) is 1.34. The Morgan fingerprint density at radius 1 is 1.42 bits per heavy atom. The second kappa shape index (κ2) is 7.04. The molecule has 2 rings (SSSR count). The summed E-state index contributed by atoms with van der Waals surface area (Å²) in [5.74, 6) is -1.24. The second-order valence-electron chi connectivity index (χ2n) is 6.37.